The Bertz CT molecular complexity index is 612. The van der Waals surface area contributed by atoms with Gasteiger partial charge in [0.15, 0.2) is 12.0 Å². The lowest BCUT2D eigenvalue weighted by Gasteiger charge is -2.08. The van der Waals surface area contributed by atoms with Crippen LogP contribution in [0.5, 0.6) is 5.75 Å². The molecule has 0 radical (unpaired) electrons. The zero-order valence-corrected chi connectivity index (χ0v) is 10.5. The van der Waals surface area contributed by atoms with E-state index in [1.807, 2.05) is 0 Å². The van der Waals surface area contributed by atoms with E-state index >= 15 is 0 Å². The summed E-state index contributed by atoms with van der Waals surface area (Å²) in [5, 5.41) is 0. The van der Waals surface area contributed by atoms with E-state index in [9.17, 15) is 9.59 Å². The van der Waals surface area contributed by atoms with Crippen molar-refractivity contribution in [3.63, 3.8) is 0 Å². The second-order valence-electron chi connectivity index (χ2n) is 3.73. The zero-order valence-electron chi connectivity index (χ0n) is 10.5. The van der Waals surface area contributed by atoms with Gasteiger partial charge in [0.2, 0.25) is 0 Å². The molecule has 0 aliphatic rings. The normalized spacial score (nSPS) is 10.0. The number of hydrogen-bond donors (Lipinski definition) is 0. The first kappa shape index (κ1) is 12.9. The van der Waals surface area contributed by atoms with E-state index in [1.165, 1.54) is 14.2 Å². The second-order valence-corrected chi connectivity index (χ2v) is 3.73. The molecule has 0 aliphatic carbocycles. The number of furan rings is 1. The Morgan fingerprint density at radius 1 is 1.21 bits per heavy atom. The summed E-state index contributed by atoms with van der Waals surface area (Å²) in [6, 6.07) is 8.07. The predicted molar refractivity (Wildman–Crippen MR) is 67.4 cm³/mol. The first-order valence-electron chi connectivity index (χ1n) is 5.51. The molecule has 0 atom stereocenters. The van der Waals surface area contributed by atoms with Crippen molar-refractivity contribution in [3.05, 3.63) is 41.7 Å². The molecule has 0 N–H and O–H groups in total. The molecule has 1 aromatic heterocycles. The number of rotatable bonds is 4. The summed E-state index contributed by atoms with van der Waals surface area (Å²) in [4.78, 5) is 22.0. The van der Waals surface area contributed by atoms with E-state index in [4.69, 9.17) is 9.15 Å². The molecule has 19 heavy (non-hydrogen) atoms. The lowest BCUT2D eigenvalue weighted by atomic mass is 10.1. The quantitative estimate of drug-likeness (QED) is 0.624. The van der Waals surface area contributed by atoms with Gasteiger partial charge in [-0.25, -0.2) is 4.79 Å². The molecule has 98 valence electrons. The van der Waals surface area contributed by atoms with Crippen molar-refractivity contribution in [3.8, 4) is 17.1 Å². The lowest BCUT2D eigenvalue weighted by molar-refractivity contribution is 0.0600. The van der Waals surface area contributed by atoms with Gasteiger partial charge < -0.3 is 13.9 Å². The van der Waals surface area contributed by atoms with Gasteiger partial charge in [-0.15, -0.1) is 0 Å². The summed E-state index contributed by atoms with van der Waals surface area (Å²) in [5.41, 5.74) is 1.04. The number of carbonyl (C=O) groups excluding carboxylic acids is 2. The molecule has 0 bridgehead atoms. The number of benzene rings is 1. The van der Waals surface area contributed by atoms with Crippen molar-refractivity contribution in [1.82, 2.24) is 0 Å². The summed E-state index contributed by atoms with van der Waals surface area (Å²) in [7, 11) is 2.80. The van der Waals surface area contributed by atoms with Crippen LogP contribution < -0.4 is 4.74 Å². The van der Waals surface area contributed by atoms with Crippen molar-refractivity contribution < 1.29 is 23.5 Å². The highest BCUT2D eigenvalue weighted by Gasteiger charge is 2.14. The van der Waals surface area contributed by atoms with E-state index < -0.39 is 5.97 Å². The predicted octanol–water partition coefficient (Wildman–Crippen LogP) is 2.55. The Balaban J connectivity index is 2.46. The van der Waals surface area contributed by atoms with Crippen LogP contribution in [0.2, 0.25) is 0 Å². The maximum absolute atomic E-state index is 11.4. The first-order valence-corrected chi connectivity index (χ1v) is 5.51. The van der Waals surface area contributed by atoms with Gasteiger partial charge in [-0.3, -0.25) is 4.79 Å². The number of ether oxygens (including phenoxy) is 2. The summed E-state index contributed by atoms with van der Waals surface area (Å²) >= 11 is 0. The number of esters is 1. The van der Waals surface area contributed by atoms with Crippen LogP contribution >= 0.6 is 0 Å². The third-order valence-electron chi connectivity index (χ3n) is 2.63. The van der Waals surface area contributed by atoms with Crippen LogP contribution in [-0.4, -0.2) is 26.5 Å². The highest BCUT2D eigenvalue weighted by molar-refractivity contribution is 5.91. The first-order chi connectivity index (χ1) is 9.19. The minimum Gasteiger partial charge on any atom is -0.496 e. The Kier molecular flexibility index (Phi) is 3.66. The van der Waals surface area contributed by atoms with E-state index in [0.29, 0.717) is 28.9 Å². The molecule has 0 spiro atoms. The number of hydrogen-bond acceptors (Lipinski definition) is 5. The van der Waals surface area contributed by atoms with Crippen molar-refractivity contribution in [1.29, 1.82) is 0 Å². The van der Waals surface area contributed by atoms with Gasteiger partial charge in [-0.05, 0) is 30.3 Å². The molecule has 5 heteroatoms. The SMILES string of the molecule is COC(=O)c1ccc(-c2ccc(C=O)o2)c(OC)c1. The molecule has 0 fully saturated rings. The largest absolute Gasteiger partial charge is 0.496 e. The summed E-state index contributed by atoms with van der Waals surface area (Å²) in [6.07, 6.45) is 0.624. The molecule has 1 heterocycles. The van der Waals surface area contributed by atoms with Gasteiger partial charge in [-0.2, -0.15) is 0 Å². The Morgan fingerprint density at radius 2 is 2.00 bits per heavy atom. The zero-order chi connectivity index (χ0) is 13.8. The maximum atomic E-state index is 11.4. The smallest absolute Gasteiger partial charge is 0.337 e. The fourth-order valence-electron chi connectivity index (χ4n) is 1.70. The van der Waals surface area contributed by atoms with Crippen LogP contribution in [0.1, 0.15) is 20.9 Å². The molecule has 5 nitrogen and oxygen atoms in total. The van der Waals surface area contributed by atoms with Crippen LogP contribution in [0.3, 0.4) is 0 Å². The standard InChI is InChI=1S/C14H12O5/c1-17-13-7-9(14(16)18-2)3-5-11(13)12-6-4-10(8-15)19-12/h3-8H,1-2H3. The summed E-state index contributed by atoms with van der Waals surface area (Å²) in [6.45, 7) is 0. The van der Waals surface area contributed by atoms with Crippen LogP contribution in [-0.2, 0) is 4.74 Å². The molecule has 1 aromatic carbocycles. The molecule has 0 aliphatic heterocycles. The third-order valence-corrected chi connectivity index (χ3v) is 2.63. The fourth-order valence-corrected chi connectivity index (χ4v) is 1.70. The summed E-state index contributed by atoms with van der Waals surface area (Å²) < 4.78 is 15.2. The van der Waals surface area contributed by atoms with Crippen LogP contribution in [0, 0.1) is 0 Å². The molecule has 0 unspecified atom stereocenters. The molecule has 2 rings (SSSR count). The van der Waals surface area contributed by atoms with Crippen molar-refractivity contribution >= 4 is 12.3 Å². The van der Waals surface area contributed by atoms with E-state index in [1.54, 1.807) is 30.3 Å². The van der Waals surface area contributed by atoms with Gasteiger partial charge in [-0.1, -0.05) is 0 Å². The van der Waals surface area contributed by atoms with Crippen LogP contribution in [0.4, 0.5) is 0 Å². The van der Waals surface area contributed by atoms with E-state index in [0.717, 1.165) is 0 Å². The average Bonchev–Trinajstić information content (AvgIpc) is 2.94. The second kappa shape index (κ2) is 5.39. The molecule has 0 saturated heterocycles. The van der Waals surface area contributed by atoms with Gasteiger partial charge in [0.1, 0.15) is 11.5 Å². The monoisotopic (exact) mass is 260 g/mol. The molecule has 2 aromatic rings. The molecular formula is C14H12O5. The van der Waals surface area contributed by atoms with Gasteiger partial charge in [0.05, 0.1) is 25.3 Å². The third kappa shape index (κ3) is 2.49. The van der Waals surface area contributed by atoms with Gasteiger partial charge in [0, 0.05) is 0 Å². The number of methoxy groups -OCH3 is 2. The number of aldehydes is 1. The maximum Gasteiger partial charge on any atom is 0.337 e. The molecule has 0 saturated carbocycles. The van der Waals surface area contributed by atoms with Crippen molar-refractivity contribution in [2.75, 3.05) is 14.2 Å². The number of carbonyl (C=O) groups is 2. The van der Waals surface area contributed by atoms with Crippen LogP contribution in [0.25, 0.3) is 11.3 Å². The fraction of sp³-hybridized carbons (Fsp3) is 0.143. The Labute approximate surface area is 109 Å². The average molecular weight is 260 g/mol. The lowest BCUT2D eigenvalue weighted by Crippen LogP contribution is -2.01. The topological polar surface area (TPSA) is 65.7 Å². The van der Waals surface area contributed by atoms with Crippen LogP contribution in [0.15, 0.2) is 34.7 Å². The van der Waals surface area contributed by atoms with Gasteiger partial charge in [0.25, 0.3) is 0 Å². The highest BCUT2D eigenvalue weighted by Crippen LogP contribution is 2.32. The molecular weight excluding hydrogens is 248 g/mol. The highest BCUT2D eigenvalue weighted by atomic mass is 16.5. The van der Waals surface area contributed by atoms with Crippen molar-refractivity contribution in [2.45, 2.75) is 0 Å². The van der Waals surface area contributed by atoms with Gasteiger partial charge >= 0.3 is 5.97 Å². The minimum absolute atomic E-state index is 0.231. The van der Waals surface area contributed by atoms with Crippen molar-refractivity contribution in [2.24, 2.45) is 0 Å². The van der Waals surface area contributed by atoms with E-state index in [2.05, 4.69) is 4.74 Å². The Morgan fingerprint density at radius 3 is 2.58 bits per heavy atom. The minimum atomic E-state index is -0.446. The summed E-state index contributed by atoms with van der Waals surface area (Å²) in [5.74, 6) is 0.747. The Hall–Kier alpha value is -2.56. The molecule has 0 amide bonds. The van der Waals surface area contributed by atoms with E-state index in [-0.39, 0.29) is 5.76 Å².